The molecule has 0 unspecified atom stereocenters. The van der Waals surface area contributed by atoms with E-state index in [4.69, 9.17) is 31.4 Å². The zero-order chi connectivity index (χ0) is 31.6. The lowest BCUT2D eigenvalue weighted by atomic mass is 9.93. The number of aliphatic imine (C=N–C) groups is 1. The van der Waals surface area contributed by atoms with Crippen LogP contribution in [0.3, 0.4) is 0 Å². The van der Waals surface area contributed by atoms with Crippen LogP contribution in [-0.4, -0.2) is 107 Å². The van der Waals surface area contributed by atoms with Gasteiger partial charge in [0.1, 0.15) is 5.78 Å². The number of hydrogen-bond donors (Lipinski definition) is 6. The van der Waals surface area contributed by atoms with E-state index in [-0.39, 0.29) is 55.1 Å². The van der Waals surface area contributed by atoms with Crippen LogP contribution in [0, 0.1) is 5.92 Å². The molecule has 0 fully saturated rings. The van der Waals surface area contributed by atoms with Crippen LogP contribution in [0.25, 0.3) is 0 Å². The zero-order valence-electron chi connectivity index (χ0n) is 25.1. The molecule has 0 saturated heterocycles. The third kappa shape index (κ3) is 24.6. The fourth-order valence-corrected chi connectivity index (χ4v) is 3.55. The monoisotopic (exact) mass is 601 g/mol. The molecule has 0 aliphatic heterocycles. The maximum atomic E-state index is 12.2. The highest BCUT2D eigenvalue weighted by atomic mass is 16.5. The van der Waals surface area contributed by atoms with Gasteiger partial charge in [0.2, 0.25) is 17.7 Å². The van der Waals surface area contributed by atoms with Crippen molar-refractivity contribution in [1.29, 1.82) is 0 Å². The molecule has 15 heteroatoms. The number of carbonyl (C=O) groups is 5. The molecule has 0 aromatic heterocycles. The Hall–Kier alpha value is -3.14. The van der Waals surface area contributed by atoms with Crippen molar-refractivity contribution >= 4 is 35.2 Å². The van der Waals surface area contributed by atoms with E-state index in [0.717, 1.165) is 6.42 Å². The maximum absolute atomic E-state index is 12.2. The Bertz CT molecular complexity index is 837. The van der Waals surface area contributed by atoms with Gasteiger partial charge < -0.3 is 47.4 Å². The predicted molar refractivity (Wildman–Crippen MR) is 157 cm³/mol. The number of nitrogens with zero attached hydrogens (tertiary/aromatic N) is 1. The molecule has 15 nitrogen and oxygen atoms in total. The minimum atomic E-state index is -0.941. The number of carbonyl (C=O) groups excluding carboxylic acids is 5. The number of guanidine groups is 1. The van der Waals surface area contributed by atoms with E-state index in [0.29, 0.717) is 78.5 Å². The summed E-state index contributed by atoms with van der Waals surface area (Å²) >= 11 is 0. The number of Topliss-reactive ketones (excluding diaryl/α,β-unsaturated/α-hetero) is 2. The van der Waals surface area contributed by atoms with Crippen LogP contribution in [-0.2, 0) is 38.2 Å². The first-order valence-corrected chi connectivity index (χ1v) is 14.4. The summed E-state index contributed by atoms with van der Waals surface area (Å²) in [6.07, 6.45) is 2.57. The number of nitrogens with two attached hydrogens (primary N) is 3. The summed E-state index contributed by atoms with van der Waals surface area (Å²) in [6.45, 7) is 6.84. The smallest absolute Gasteiger partial charge is 0.237 e. The van der Waals surface area contributed by atoms with Crippen molar-refractivity contribution in [2.24, 2.45) is 28.1 Å². The summed E-state index contributed by atoms with van der Waals surface area (Å²) in [7, 11) is 0. The molecule has 0 aromatic rings. The fraction of sp³-hybridized carbons (Fsp3) is 0.778. The van der Waals surface area contributed by atoms with Gasteiger partial charge in [0, 0.05) is 58.5 Å². The molecule has 0 aromatic carbocycles. The van der Waals surface area contributed by atoms with Gasteiger partial charge in [-0.1, -0.05) is 0 Å². The number of rotatable bonds is 27. The highest BCUT2D eigenvalue weighted by Crippen LogP contribution is 2.13. The first-order valence-electron chi connectivity index (χ1n) is 14.4. The van der Waals surface area contributed by atoms with Gasteiger partial charge in [-0.25, -0.2) is 0 Å². The Kier molecular flexibility index (Phi) is 23.6. The summed E-state index contributed by atoms with van der Waals surface area (Å²) in [5.41, 5.74) is 16.4. The van der Waals surface area contributed by atoms with E-state index in [1.807, 2.05) is 0 Å². The molecule has 0 saturated carbocycles. The number of ketones is 2. The van der Waals surface area contributed by atoms with Crippen LogP contribution in [0.2, 0.25) is 0 Å². The third-order valence-corrected chi connectivity index (χ3v) is 5.90. The van der Waals surface area contributed by atoms with Crippen LogP contribution in [0.15, 0.2) is 4.99 Å². The van der Waals surface area contributed by atoms with Crippen molar-refractivity contribution in [2.45, 2.75) is 64.8 Å². The van der Waals surface area contributed by atoms with Crippen LogP contribution in [0.5, 0.6) is 0 Å². The molecule has 242 valence electrons. The van der Waals surface area contributed by atoms with Crippen LogP contribution in [0.4, 0.5) is 0 Å². The summed E-state index contributed by atoms with van der Waals surface area (Å²) < 4.78 is 16.2. The molecular weight excluding hydrogens is 550 g/mol. The lowest BCUT2D eigenvalue weighted by molar-refractivity contribution is -0.128. The molecule has 2 atom stereocenters. The molecule has 0 aliphatic carbocycles. The normalized spacial score (nSPS) is 12.2. The molecule has 9 N–H and O–H groups in total. The Balaban J connectivity index is 3.79. The van der Waals surface area contributed by atoms with Crippen molar-refractivity contribution in [2.75, 3.05) is 65.8 Å². The van der Waals surface area contributed by atoms with E-state index in [1.165, 1.54) is 13.8 Å². The standard InChI is InChI=1S/C27H51N7O8/c1-20(35)22(6-3-9-33-27(29)30)18-23(37)19-34-26(39)24(28)7-8-25(38)32-11-5-13-41-15-17-42-16-14-40-12-4-10-31-21(2)36/h22,24H,3-19,28H2,1-2H3,(H,31,36)(H,32,38)(H,34,39)(H4,29,30,33)/t22-,24+/m1/s1. The van der Waals surface area contributed by atoms with Gasteiger partial charge in [-0.15, -0.1) is 0 Å². The second-order valence-electron chi connectivity index (χ2n) is 9.74. The number of amides is 3. The molecule has 0 radical (unpaired) electrons. The Morgan fingerprint density at radius 2 is 1.33 bits per heavy atom. The minimum absolute atomic E-state index is 0.00378. The summed E-state index contributed by atoms with van der Waals surface area (Å²) in [5.74, 6) is -1.73. The Morgan fingerprint density at radius 1 is 0.762 bits per heavy atom. The van der Waals surface area contributed by atoms with Crippen molar-refractivity contribution in [3.8, 4) is 0 Å². The Morgan fingerprint density at radius 3 is 1.88 bits per heavy atom. The minimum Gasteiger partial charge on any atom is -0.379 e. The molecule has 0 heterocycles. The molecule has 42 heavy (non-hydrogen) atoms. The van der Waals surface area contributed by atoms with E-state index in [2.05, 4.69) is 20.9 Å². The summed E-state index contributed by atoms with van der Waals surface area (Å²) in [5, 5.41) is 7.92. The van der Waals surface area contributed by atoms with Crippen molar-refractivity contribution in [3.05, 3.63) is 0 Å². The molecule has 0 aliphatic rings. The fourth-order valence-electron chi connectivity index (χ4n) is 3.55. The van der Waals surface area contributed by atoms with Gasteiger partial charge in [0.05, 0.1) is 39.0 Å². The van der Waals surface area contributed by atoms with Gasteiger partial charge in [0.25, 0.3) is 0 Å². The summed E-state index contributed by atoms with van der Waals surface area (Å²) in [6, 6.07) is -0.941. The zero-order valence-corrected chi connectivity index (χ0v) is 25.1. The first-order chi connectivity index (χ1) is 20.0. The SMILES string of the molecule is CC(=O)NCCCOCCOCCOCCCNC(=O)CC[C@H](N)C(=O)NCC(=O)C[C@@H](CCCN=C(N)N)C(C)=O. The van der Waals surface area contributed by atoms with Crippen molar-refractivity contribution in [3.63, 3.8) is 0 Å². The van der Waals surface area contributed by atoms with Crippen molar-refractivity contribution < 1.29 is 38.2 Å². The van der Waals surface area contributed by atoms with E-state index < -0.39 is 17.9 Å². The maximum Gasteiger partial charge on any atom is 0.237 e. The molecular formula is C27H51N7O8. The molecule has 0 spiro atoms. The van der Waals surface area contributed by atoms with Crippen LogP contribution >= 0.6 is 0 Å². The number of nitrogens with one attached hydrogen (secondary N) is 3. The van der Waals surface area contributed by atoms with Gasteiger partial charge in [0.15, 0.2) is 11.7 Å². The van der Waals surface area contributed by atoms with Gasteiger partial charge >= 0.3 is 0 Å². The molecule has 0 rings (SSSR count). The largest absolute Gasteiger partial charge is 0.379 e. The predicted octanol–water partition coefficient (Wildman–Crippen LogP) is -1.49. The average Bonchev–Trinajstić information content (AvgIpc) is 2.93. The topological polar surface area (TPSA) is 240 Å². The second-order valence-corrected chi connectivity index (χ2v) is 9.74. The average molecular weight is 602 g/mol. The van der Waals surface area contributed by atoms with Crippen LogP contribution in [0.1, 0.15) is 58.8 Å². The molecule has 3 amide bonds. The van der Waals surface area contributed by atoms with E-state index in [9.17, 15) is 24.0 Å². The third-order valence-electron chi connectivity index (χ3n) is 5.90. The van der Waals surface area contributed by atoms with E-state index >= 15 is 0 Å². The van der Waals surface area contributed by atoms with E-state index in [1.54, 1.807) is 0 Å². The van der Waals surface area contributed by atoms with Gasteiger partial charge in [-0.3, -0.25) is 29.0 Å². The number of ether oxygens (including phenoxy) is 3. The first kappa shape index (κ1) is 38.9. The van der Waals surface area contributed by atoms with Crippen molar-refractivity contribution in [1.82, 2.24) is 16.0 Å². The molecule has 0 bridgehead atoms. The second kappa shape index (κ2) is 25.6. The summed E-state index contributed by atoms with van der Waals surface area (Å²) in [4.78, 5) is 62.9. The highest BCUT2D eigenvalue weighted by Gasteiger charge is 2.20. The number of hydrogen-bond acceptors (Lipinski definition) is 10. The lowest BCUT2D eigenvalue weighted by Crippen LogP contribution is -2.43. The van der Waals surface area contributed by atoms with Gasteiger partial charge in [-0.05, 0) is 39.0 Å². The lowest BCUT2D eigenvalue weighted by Gasteiger charge is -2.14. The highest BCUT2D eigenvalue weighted by molar-refractivity contribution is 5.91. The Labute approximate surface area is 248 Å². The van der Waals surface area contributed by atoms with Crippen LogP contribution < -0.4 is 33.2 Å². The quantitative estimate of drug-likeness (QED) is 0.0360. The van der Waals surface area contributed by atoms with Gasteiger partial charge in [-0.2, -0.15) is 0 Å².